The summed E-state index contributed by atoms with van der Waals surface area (Å²) in [6, 6.07) is 6.26. The third-order valence-electron chi connectivity index (χ3n) is 6.54. The van der Waals surface area contributed by atoms with Crippen molar-refractivity contribution in [3.63, 3.8) is 0 Å². The number of rotatable bonds is 1. The second kappa shape index (κ2) is 4.13. The van der Waals surface area contributed by atoms with E-state index >= 15 is 0 Å². The van der Waals surface area contributed by atoms with Crippen molar-refractivity contribution in [3.8, 4) is 0 Å². The van der Waals surface area contributed by atoms with Gasteiger partial charge in [0.1, 0.15) is 0 Å². The van der Waals surface area contributed by atoms with E-state index in [1.165, 1.54) is 44.1 Å². The van der Waals surface area contributed by atoms with Crippen LogP contribution in [0.25, 0.3) is 0 Å². The molecule has 0 radical (unpaired) electrons. The zero-order chi connectivity index (χ0) is 14.2. The Bertz CT molecular complexity index is 603. The highest BCUT2D eigenvalue weighted by atomic mass is 79.9. The minimum absolute atomic E-state index is 0.0957. The lowest BCUT2D eigenvalue weighted by Crippen LogP contribution is -2.50. The van der Waals surface area contributed by atoms with Crippen LogP contribution in [0.4, 0.5) is 5.69 Å². The maximum Gasteiger partial charge on any atom is 0.232 e. The van der Waals surface area contributed by atoms with E-state index in [4.69, 9.17) is 0 Å². The highest BCUT2D eigenvalue weighted by molar-refractivity contribution is 9.10. The molecule has 1 unspecified atom stereocenters. The Morgan fingerprint density at radius 1 is 1.05 bits per heavy atom. The quantitative estimate of drug-likeness (QED) is 0.785. The van der Waals surface area contributed by atoms with Crippen molar-refractivity contribution >= 4 is 27.5 Å². The normalized spacial score (nSPS) is 43.0. The average molecular weight is 346 g/mol. The lowest BCUT2D eigenvalue weighted by molar-refractivity contribution is -0.127. The van der Waals surface area contributed by atoms with Gasteiger partial charge in [-0.1, -0.05) is 15.9 Å². The Labute approximate surface area is 133 Å². The van der Waals surface area contributed by atoms with Crippen LogP contribution in [0.3, 0.4) is 0 Å². The van der Waals surface area contributed by atoms with Gasteiger partial charge in [0, 0.05) is 10.2 Å². The minimum Gasteiger partial charge on any atom is -0.325 e. The van der Waals surface area contributed by atoms with Crippen LogP contribution in [0, 0.1) is 23.2 Å². The van der Waals surface area contributed by atoms with Crippen LogP contribution in [0.1, 0.15) is 50.0 Å². The lowest BCUT2D eigenvalue weighted by Gasteiger charge is -2.58. The first kappa shape index (κ1) is 12.7. The predicted octanol–water partition coefficient (Wildman–Crippen LogP) is 4.70. The average Bonchev–Trinajstić information content (AvgIpc) is 2.72. The first-order valence-electron chi connectivity index (χ1n) is 8.23. The molecule has 0 spiro atoms. The third-order valence-corrected chi connectivity index (χ3v) is 7.04. The number of anilines is 1. The van der Waals surface area contributed by atoms with Gasteiger partial charge in [-0.05, 0) is 85.5 Å². The van der Waals surface area contributed by atoms with Crippen molar-refractivity contribution < 1.29 is 4.79 Å². The molecule has 0 saturated heterocycles. The first-order chi connectivity index (χ1) is 10.1. The Balaban J connectivity index is 1.62. The number of hydrogen-bond donors (Lipinski definition) is 1. The molecule has 1 aromatic carbocycles. The van der Waals surface area contributed by atoms with Crippen LogP contribution in [0.15, 0.2) is 22.7 Å². The molecule has 21 heavy (non-hydrogen) atoms. The highest BCUT2D eigenvalue weighted by Gasteiger charge is 2.57. The van der Waals surface area contributed by atoms with Crippen molar-refractivity contribution in [1.29, 1.82) is 0 Å². The van der Waals surface area contributed by atoms with Crippen LogP contribution in [0.2, 0.25) is 0 Å². The number of hydrogen-bond acceptors (Lipinski definition) is 1. The smallest absolute Gasteiger partial charge is 0.232 e. The van der Waals surface area contributed by atoms with Crippen molar-refractivity contribution in [2.75, 3.05) is 5.32 Å². The second-order valence-corrected chi connectivity index (χ2v) is 8.85. The maximum absolute atomic E-state index is 12.7. The summed E-state index contributed by atoms with van der Waals surface area (Å²) in [5.74, 6) is 3.02. The number of fused-ring (bicyclic) bond motifs is 1. The molecule has 1 heterocycles. The molecule has 6 rings (SSSR count). The number of carbonyl (C=O) groups excluding carboxylic acids is 1. The van der Waals surface area contributed by atoms with E-state index in [-0.39, 0.29) is 17.2 Å². The molecule has 4 aliphatic carbocycles. The van der Waals surface area contributed by atoms with Crippen LogP contribution in [-0.4, -0.2) is 5.91 Å². The van der Waals surface area contributed by atoms with Crippen LogP contribution >= 0.6 is 15.9 Å². The van der Waals surface area contributed by atoms with E-state index in [2.05, 4.69) is 33.4 Å². The summed E-state index contributed by atoms with van der Waals surface area (Å²) in [5.41, 5.74) is 2.55. The zero-order valence-corrected chi connectivity index (χ0v) is 13.7. The predicted molar refractivity (Wildman–Crippen MR) is 86.1 cm³/mol. The standard InChI is InChI=1S/C18H20BrNO/c19-13-1-2-15-14(6-13)16(17(21)20-15)18-7-10-3-11(8-18)5-12(4-10)9-18/h1-2,6,10-12,16H,3-5,7-9H2,(H,20,21). The summed E-state index contributed by atoms with van der Waals surface area (Å²) in [7, 11) is 0. The number of nitrogens with one attached hydrogen (secondary N) is 1. The van der Waals surface area contributed by atoms with E-state index in [1.54, 1.807) is 0 Å². The van der Waals surface area contributed by atoms with E-state index in [0.29, 0.717) is 0 Å². The molecular weight excluding hydrogens is 326 g/mol. The maximum atomic E-state index is 12.7. The van der Waals surface area contributed by atoms with Crippen molar-refractivity contribution in [2.45, 2.75) is 44.4 Å². The van der Waals surface area contributed by atoms with Crippen molar-refractivity contribution in [1.82, 2.24) is 0 Å². The molecule has 1 atom stereocenters. The molecule has 4 bridgehead atoms. The van der Waals surface area contributed by atoms with E-state index in [1.807, 2.05) is 6.07 Å². The van der Waals surface area contributed by atoms with Crippen molar-refractivity contribution in [2.24, 2.45) is 23.2 Å². The summed E-state index contributed by atoms with van der Waals surface area (Å²) in [5, 5.41) is 3.14. The van der Waals surface area contributed by atoms with Gasteiger partial charge >= 0.3 is 0 Å². The fourth-order valence-electron chi connectivity index (χ4n) is 6.37. The Hall–Kier alpha value is -0.830. The van der Waals surface area contributed by atoms with Crippen LogP contribution in [0.5, 0.6) is 0 Å². The molecule has 110 valence electrons. The second-order valence-electron chi connectivity index (χ2n) is 7.93. The van der Waals surface area contributed by atoms with E-state index in [9.17, 15) is 4.79 Å². The Morgan fingerprint density at radius 3 is 2.29 bits per heavy atom. The lowest BCUT2D eigenvalue weighted by atomic mass is 9.46. The van der Waals surface area contributed by atoms with Gasteiger partial charge in [0.25, 0.3) is 0 Å². The Kier molecular flexibility index (Phi) is 2.49. The molecule has 1 aliphatic heterocycles. The highest BCUT2D eigenvalue weighted by Crippen LogP contribution is 2.66. The van der Waals surface area contributed by atoms with Gasteiger partial charge in [-0.15, -0.1) is 0 Å². The van der Waals surface area contributed by atoms with Crippen LogP contribution < -0.4 is 5.32 Å². The first-order valence-corrected chi connectivity index (χ1v) is 9.03. The van der Waals surface area contributed by atoms with E-state index < -0.39 is 0 Å². The monoisotopic (exact) mass is 345 g/mol. The van der Waals surface area contributed by atoms with Gasteiger partial charge in [0.05, 0.1) is 5.92 Å². The van der Waals surface area contributed by atoms with Crippen LogP contribution in [-0.2, 0) is 4.79 Å². The molecule has 1 aromatic rings. The van der Waals surface area contributed by atoms with Gasteiger partial charge in [-0.3, -0.25) is 4.79 Å². The molecule has 1 N–H and O–H groups in total. The zero-order valence-electron chi connectivity index (χ0n) is 12.1. The van der Waals surface area contributed by atoms with Gasteiger partial charge < -0.3 is 5.32 Å². The number of carbonyl (C=O) groups is 1. The third kappa shape index (κ3) is 1.73. The summed E-state index contributed by atoms with van der Waals surface area (Å²) < 4.78 is 1.09. The number of halogens is 1. The van der Waals surface area contributed by atoms with Gasteiger partial charge in [-0.25, -0.2) is 0 Å². The summed E-state index contributed by atoms with van der Waals surface area (Å²) in [4.78, 5) is 12.7. The Morgan fingerprint density at radius 2 is 1.67 bits per heavy atom. The van der Waals surface area contributed by atoms with Gasteiger partial charge in [0.2, 0.25) is 5.91 Å². The molecule has 4 saturated carbocycles. The molecule has 1 amide bonds. The minimum atomic E-state index is 0.0957. The largest absolute Gasteiger partial charge is 0.325 e. The molecule has 0 aromatic heterocycles. The number of amides is 1. The molecule has 4 fully saturated rings. The topological polar surface area (TPSA) is 29.1 Å². The molecule has 2 nitrogen and oxygen atoms in total. The summed E-state index contributed by atoms with van der Waals surface area (Å²) in [6.07, 6.45) is 8.13. The fraction of sp³-hybridized carbons (Fsp3) is 0.611. The molecule has 5 aliphatic rings. The van der Waals surface area contributed by atoms with E-state index in [0.717, 1.165) is 27.9 Å². The fourth-order valence-corrected chi connectivity index (χ4v) is 6.75. The van der Waals surface area contributed by atoms with Gasteiger partial charge in [-0.2, -0.15) is 0 Å². The summed E-state index contributed by atoms with van der Waals surface area (Å²) >= 11 is 3.58. The summed E-state index contributed by atoms with van der Waals surface area (Å²) in [6.45, 7) is 0. The SMILES string of the molecule is O=C1Nc2ccc(Br)cc2C1C12CC3CC(CC(C3)C1)C2. The van der Waals surface area contributed by atoms with Gasteiger partial charge in [0.15, 0.2) is 0 Å². The number of benzene rings is 1. The molecular formula is C18H20BrNO. The molecule has 3 heteroatoms. The van der Waals surface area contributed by atoms with Crippen molar-refractivity contribution in [3.05, 3.63) is 28.2 Å².